The molecule has 1 fully saturated rings. The van der Waals surface area contributed by atoms with Crippen molar-refractivity contribution in [2.75, 3.05) is 18.0 Å². The predicted molar refractivity (Wildman–Crippen MR) is 106 cm³/mol. The Morgan fingerprint density at radius 1 is 1.19 bits per heavy atom. The number of aryl methyl sites for hydroxylation is 1. The van der Waals surface area contributed by atoms with Gasteiger partial charge in [-0.3, -0.25) is 4.79 Å². The van der Waals surface area contributed by atoms with Gasteiger partial charge < -0.3 is 10.2 Å². The van der Waals surface area contributed by atoms with E-state index in [-0.39, 0.29) is 17.8 Å². The smallest absolute Gasteiger partial charge is 0.220 e. The van der Waals surface area contributed by atoms with Crippen LogP contribution in [0.15, 0.2) is 42.0 Å². The van der Waals surface area contributed by atoms with Crippen molar-refractivity contribution in [2.45, 2.75) is 31.7 Å². The zero-order valence-corrected chi connectivity index (χ0v) is 15.7. The summed E-state index contributed by atoms with van der Waals surface area (Å²) in [5, 5.41) is 5.17. The number of carbonyl (C=O) groups excluding carboxylic acids is 1. The second kappa shape index (κ2) is 8.00. The molecule has 1 aliphatic rings. The summed E-state index contributed by atoms with van der Waals surface area (Å²) in [5.41, 5.74) is 1.96. The van der Waals surface area contributed by atoms with E-state index < -0.39 is 0 Å². The number of thiophene rings is 1. The molecule has 27 heavy (non-hydrogen) atoms. The fraction of sp³-hybridized carbons (Fsp3) is 0.350. The monoisotopic (exact) mass is 384 g/mol. The van der Waals surface area contributed by atoms with E-state index in [9.17, 15) is 9.18 Å². The van der Waals surface area contributed by atoms with Crippen molar-refractivity contribution < 1.29 is 9.18 Å². The first-order chi connectivity index (χ1) is 13.2. The van der Waals surface area contributed by atoms with Crippen LogP contribution in [0.2, 0.25) is 0 Å². The van der Waals surface area contributed by atoms with Crippen LogP contribution >= 0.6 is 11.3 Å². The number of fused-ring (bicyclic) bond motifs is 1. The van der Waals surface area contributed by atoms with Crippen molar-refractivity contribution in [3.8, 4) is 0 Å². The molecule has 0 spiro atoms. The number of hydrogen-bond acceptors (Lipinski definition) is 5. The molecule has 0 saturated carbocycles. The van der Waals surface area contributed by atoms with E-state index in [0.29, 0.717) is 12.8 Å². The predicted octanol–water partition coefficient (Wildman–Crippen LogP) is 3.55. The molecule has 1 aromatic carbocycles. The van der Waals surface area contributed by atoms with Gasteiger partial charge in [-0.1, -0.05) is 12.1 Å². The van der Waals surface area contributed by atoms with Crippen molar-refractivity contribution in [1.82, 2.24) is 15.3 Å². The molecule has 7 heteroatoms. The number of anilines is 1. The minimum Gasteiger partial charge on any atom is -0.355 e. The fourth-order valence-electron chi connectivity index (χ4n) is 3.45. The van der Waals surface area contributed by atoms with Gasteiger partial charge in [0.25, 0.3) is 0 Å². The molecule has 0 unspecified atom stereocenters. The average Bonchev–Trinajstić information content (AvgIpc) is 3.17. The quantitative estimate of drug-likeness (QED) is 0.731. The van der Waals surface area contributed by atoms with Gasteiger partial charge in [-0.05, 0) is 48.4 Å². The van der Waals surface area contributed by atoms with Crippen LogP contribution in [0.1, 0.15) is 24.8 Å². The van der Waals surface area contributed by atoms with E-state index in [4.69, 9.17) is 0 Å². The summed E-state index contributed by atoms with van der Waals surface area (Å²) >= 11 is 1.66. The van der Waals surface area contributed by atoms with Crippen LogP contribution in [0, 0.1) is 5.82 Å². The normalized spacial score (nSPS) is 15.2. The summed E-state index contributed by atoms with van der Waals surface area (Å²) in [6.45, 7) is 1.74. The first-order valence-electron chi connectivity index (χ1n) is 9.16. The summed E-state index contributed by atoms with van der Waals surface area (Å²) in [7, 11) is 0. The zero-order chi connectivity index (χ0) is 18.6. The Labute approximate surface area is 161 Å². The maximum absolute atomic E-state index is 12.9. The molecule has 1 saturated heterocycles. The summed E-state index contributed by atoms with van der Waals surface area (Å²) in [6, 6.07) is 8.53. The van der Waals surface area contributed by atoms with E-state index >= 15 is 0 Å². The van der Waals surface area contributed by atoms with Gasteiger partial charge >= 0.3 is 0 Å². The van der Waals surface area contributed by atoms with Crippen LogP contribution in [0.4, 0.5) is 10.2 Å². The number of aromatic nitrogens is 2. The number of rotatable bonds is 5. The van der Waals surface area contributed by atoms with Gasteiger partial charge in [0.15, 0.2) is 0 Å². The highest BCUT2D eigenvalue weighted by Crippen LogP contribution is 2.29. The van der Waals surface area contributed by atoms with Gasteiger partial charge in [0.2, 0.25) is 5.91 Å². The minimum absolute atomic E-state index is 0.0560. The Morgan fingerprint density at radius 2 is 1.96 bits per heavy atom. The Kier molecular flexibility index (Phi) is 5.29. The summed E-state index contributed by atoms with van der Waals surface area (Å²) < 4.78 is 14.1. The number of carbonyl (C=O) groups is 1. The maximum atomic E-state index is 12.9. The van der Waals surface area contributed by atoms with Crippen LogP contribution in [0.25, 0.3) is 10.2 Å². The van der Waals surface area contributed by atoms with Crippen molar-refractivity contribution in [1.29, 1.82) is 0 Å². The number of nitrogens with one attached hydrogen (secondary N) is 1. The Hall–Kier alpha value is -2.54. The molecule has 4 rings (SSSR count). The summed E-state index contributed by atoms with van der Waals surface area (Å²) in [4.78, 5) is 23.3. The molecule has 0 bridgehead atoms. The Balaban J connectivity index is 1.27. The van der Waals surface area contributed by atoms with Crippen molar-refractivity contribution in [3.05, 3.63) is 53.4 Å². The van der Waals surface area contributed by atoms with E-state index in [0.717, 1.165) is 47.5 Å². The fourth-order valence-corrected chi connectivity index (χ4v) is 4.31. The largest absolute Gasteiger partial charge is 0.355 e. The lowest BCUT2D eigenvalue weighted by Crippen LogP contribution is -2.45. The first-order valence-corrected chi connectivity index (χ1v) is 10.0. The molecule has 0 atom stereocenters. The highest BCUT2D eigenvalue weighted by molar-refractivity contribution is 7.17. The van der Waals surface area contributed by atoms with E-state index in [1.54, 1.807) is 29.8 Å². The zero-order valence-electron chi connectivity index (χ0n) is 14.9. The Bertz CT molecular complexity index is 919. The Morgan fingerprint density at radius 3 is 2.74 bits per heavy atom. The second-order valence-corrected chi connectivity index (χ2v) is 7.70. The van der Waals surface area contributed by atoms with E-state index in [2.05, 4.69) is 20.2 Å². The molecular formula is C20H21FN4OS. The highest BCUT2D eigenvalue weighted by atomic mass is 32.1. The lowest BCUT2D eigenvalue weighted by Gasteiger charge is -2.33. The molecule has 0 radical (unpaired) electrons. The summed E-state index contributed by atoms with van der Waals surface area (Å²) in [6.07, 6.45) is 4.47. The van der Waals surface area contributed by atoms with Gasteiger partial charge in [0, 0.05) is 25.6 Å². The number of halogens is 1. The third kappa shape index (κ3) is 4.24. The van der Waals surface area contributed by atoms with E-state index in [1.165, 1.54) is 12.1 Å². The molecule has 2 aromatic heterocycles. The number of piperidine rings is 1. The first kappa shape index (κ1) is 17.9. The van der Waals surface area contributed by atoms with Crippen LogP contribution in [0.3, 0.4) is 0 Å². The topological polar surface area (TPSA) is 58.1 Å². The third-order valence-corrected chi connectivity index (χ3v) is 5.84. The summed E-state index contributed by atoms with van der Waals surface area (Å²) in [5.74, 6) is 0.801. The standard InChI is InChI=1S/C20H21FN4OS/c21-15-4-1-14(2-5-15)3-6-18(26)24-16-7-10-25(11-8-16)20-19-17(9-12-27-19)22-13-23-20/h1-2,4-5,9,12-13,16H,3,6-8,10-11H2,(H,24,26). The average molecular weight is 384 g/mol. The van der Waals surface area contributed by atoms with Crippen molar-refractivity contribution in [3.63, 3.8) is 0 Å². The maximum Gasteiger partial charge on any atom is 0.220 e. The molecule has 5 nitrogen and oxygen atoms in total. The SMILES string of the molecule is O=C(CCc1ccc(F)cc1)NC1CCN(c2ncnc3ccsc23)CC1. The molecule has 1 aliphatic heterocycles. The van der Waals surface area contributed by atoms with Gasteiger partial charge in [-0.2, -0.15) is 0 Å². The van der Waals surface area contributed by atoms with Crippen LogP contribution in [-0.2, 0) is 11.2 Å². The number of hydrogen-bond donors (Lipinski definition) is 1. The number of benzene rings is 1. The lowest BCUT2D eigenvalue weighted by molar-refractivity contribution is -0.121. The molecule has 1 amide bonds. The molecule has 0 aliphatic carbocycles. The number of amides is 1. The van der Waals surface area contributed by atoms with E-state index in [1.807, 2.05) is 11.4 Å². The molecule has 3 aromatic rings. The van der Waals surface area contributed by atoms with Gasteiger partial charge in [-0.25, -0.2) is 14.4 Å². The second-order valence-electron chi connectivity index (χ2n) is 6.79. The van der Waals surface area contributed by atoms with Crippen LogP contribution in [0.5, 0.6) is 0 Å². The van der Waals surface area contributed by atoms with Gasteiger partial charge in [0.05, 0.1) is 10.2 Å². The van der Waals surface area contributed by atoms with Crippen LogP contribution < -0.4 is 10.2 Å². The molecule has 1 N–H and O–H groups in total. The minimum atomic E-state index is -0.251. The van der Waals surface area contributed by atoms with Crippen molar-refractivity contribution in [2.24, 2.45) is 0 Å². The van der Waals surface area contributed by atoms with Gasteiger partial charge in [-0.15, -0.1) is 11.3 Å². The third-order valence-electron chi connectivity index (χ3n) is 4.94. The number of nitrogens with zero attached hydrogens (tertiary/aromatic N) is 3. The molecular weight excluding hydrogens is 363 g/mol. The van der Waals surface area contributed by atoms with Crippen LogP contribution in [-0.4, -0.2) is 35.0 Å². The highest BCUT2D eigenvalue weighted by Gasteiger charge is 2.23. The lowest BCUT2D eigenvalue weighted by atomic mass is 10.0. The van der Waals surface area contributed by atoms with Crippen molar-refractivity contribution >= 4 is 33.3 Å². The molecule has 140 valence electrons. The molecule has 3 heterocycles. The van der Waals surface area contributed by atoms with Gasteiger partial charge in [0.1, 0.15) is 18.0 Å².